The first-order chi connectivity index (χ1) is 9.60. The third-order valence-electron chi connectivity index (χ3n) is 3.11. The van der Waals surface area contributed by atoms with E-state index in [1.54, 1.807) is 7.11 Å². The van der Waals surface area contributed by atoms with E-state index >= 15 is 0 Å². The van der Waals surface area contributed by atoms with E-state index in [-0.39, 0.29) is 0 Å². The van der Waals surface area contributed by atoms with E-state index in [1.165, 1.54) is 5.56 Å². The number of nitrogens with zero attached hydrogens (tertiary/aromatic N) is 1. The predicted molar refractivity (Wildman–Crippen MR) is 81.9 cm³/mol. The lowest BCUT2D eigenvalue weighted by atomic mass is 10.1. The number of hydrogen-bond donors (Lipinski definition) is 2. The van der Waals surface area contributed by atoms with Crippen LogP contribution in [0.4, 0.5) is 0 Å². The van der Waals surface area contributed by atoms with Crippen molar-refractivity contribution in [3.05, 3.63) is 35.7 Å². The second-order valence-electron chi connectivity index (χ2n) is 5.49. The molecule has 0 amide bonds. The van der Waals surface area contributed by atoms with Crippen LogP contribution < -0.4 is 10.1 Å². The number of benzene rings is 1. The summed E-state index contributed by atoms with van der Waals surface area (Å²) in [5.74, 6) is 2.35. The van der Waals surface area contributed by atoms with Crippen molar-refractivity contribution in [1.29, 1.82) is 0 Å². The minimum absolute atomic E-state index is 0.648. The van der Waals surface area contributed by atoms with Crippen molar-refractivity contribution in [3.8, 4) is 17.1 Å². The largest absolute Gasteiger partial charge is 0.496 e. The van der Waals surface area contributed by atoms with Crippen LogP contribution in [-0.2, 0) is 6.54 Å². The Morgan fingerprint density at radius 3 is 2.85 bits per heavy atom. The highest BCUT2D eigenvalue weighted by Crippen LogP contribution is 2.28. The Bertz CT molecular complexity index is 561. The number of hydrogen-bond acceptors (Lipinski definition) is 3. The van der Waals surface area contributed by atoms with E-state index < -0.39 is 0 Å². The molecule has 0 saturated carbocycles. The zero-order valence-electron chi connectivity index (χ0n) is 12.7. The van der Waals surface area contributed by atoms with Crippen molar-refractivity contribution >= 4 is 0 Å². The fraction of sp³-hybridized carbons (Fsp3) is 0.438. The van der Waals surface area contributed by atoms with Crippen LogP contribution in [0.3, 0.4) is 0 Å². The predicted octanol–water partition coefficient (Wildman–Crippen LogP) is 3.14. The Morgan fingerprint density at radius 1 is 1.35 bits per heavy atom. The fourth-order valence-electron chi connectivity index (χ4n) is 2.08. The van der Waals surface area contributed by atoms with Gasteiger partial charge in [-0.25, -0.2) is 4.98 Å². The minimum atomic E-state index is 0.648. The van der Waals surface area contributed by atoms with Crippen molar-refractivity contribution in [1.82, 2.24) is 15.3 Å². The molecule has 0 aliphatic heterocycles. The van der Waals surface area contributed by atoms with Crippen molar-refractivity contribution in [3.63, 3.8) is 0 Å². The molecule has 0 spiro atoms. The summed E-state index contributed by atoms with van der Waals surface area (Å²) in [6, 6.07) is 6.13. The number of H-pyrrole nitrogens is 1. The Labute approximate surface area is 120 Å². The topological polar surface area (TPSA) is 49.9 Å². The number of aryl methyl sites for hydroxylation is 1. The summed E-state index contributed by atoms with van der Waals surface area (Å²) in [5, 5.41) is 3.40. The molecule has 0 saturated heterocycles. The molecule has 0 aliphatic rings. The standard InChI is InChI=1S/C16H23N3O/c1-11(2)8-17-9-13-10-18-16(19-13)14-6-5-12(3)7-15(14)20-4/h5-7,10-11,17H,8-9H2,1-4H3,(H,18,19). The smallest absolute Gasteiger partial charge is 0.141 e. The van der Waals surface area contributed by atoms with Crippen LogP contribution in [0, 0.1) is 12.8 Å². The number of rotatable bonds is 6. The van der Waals surface area contributed by atoms with E-state index in [0.29, 0.717) is 5.92 Å². The van der Waals surface area contributed by atoms with Gasteiger partial charge in [-0.15, -0.1) is 0 Å². The number of aromatic amines is 1. The second kappa shape index (κ2) is 6.57. The molecule has 20 heavy (non-hydrogen) atoms. The summed E-state index contributed by atoms with van der Waals surface area (Å²) in [7, 11) is 1.69. The van der Waals surface area contributed by atoms with Gasteiger partial charge in [-0.05, 0) is 37.1 Å². The van der Waals surface area contributed by atoms with Gasteiger partial charge < -0.3 is 15.0 Å². The molecule has 0 atom stereocenters. The molecule has 0 aliphatic carbocycles. The molecule has 0 radical (unpaired) electrons. The summed E-state index contributed by atoms with van der Waals surface area (Å²) in [5.41, 5.74) is 3.26. The van der Waals surface area contributed by atoms with Crippen LogP contribution in [0.2, 0.25) is 0 Å². The van der Waals surface area contributed by atoms with Crippen LogP contribution in [0.5, 0.6) is 5.75 Å². The molecule has 4 heteroatoms. The third-order valence-corrected chi connectivity index (χ3v) is 3.11. The molecule has 4 nitrogen and oxygen atoms in total. The van der Waals surface area contributed by atoms with E-state index in [9.17, 15) is 0 Å². The molecule has 2 N–H and O–H groups in total. The SMILES string of the molecule is COc1cc(C)ccc1-c1ncc(CNCC(C)C)[nH]1. The number of methoxy groups -OCH3 is 1. The normalized spacial score (nSPS) is 11.1. The van der Waals surface area contributed by atoms with Gasteiger partial charge in [0, 0.05) is 18.4 Å². The Balaban J connectivity index is 2.12. The van der Waals surface area contributed by atoms with Crippen LogP contribution >= 0.6 is 0 Å². The highest BCUT2D eigenvalue weighted by atomic mass is 16.5. The number of nitrogens with one attached hydrogen (secondary N) is 2. The van der Waals surface area contributed by atoms with Gasteiger partial charge in [0.25, 0.3) is 0 Å². The molecule has 0 unspecified atom stereocenters. The second-order valence-corrected chi connectivity index (χ2v) is 5.49. The first kappa shape index (κ1) is 14.6. The minimum Gasteiger partial charge on any atom is -0.496 e. The summed E-state index contributed by atoms with van der Waals surface area (Å²) < 4.78 is 5.43. The molecule has 1 aromatic heterocycles. The molecule has 2 aromatic rings. The summed E-state index contributed by atoms with van der Waals surface area (Å²) >= 11 is 0. The number of imidazole rings is 1. The monoisotopic (exact) mass is 273 g/mol. The highest BCUT2D eigenvalue weighted by Gasteiger charge is 2.09. The Morgan fingerprint density at radius 2 is 2.15 bits per heavy atom. The lowest BCUT2D eigenvalue weighted by molar-refractivity contribution is 0.416. The van der Waals surface area contributed by atoms with Gasteiger partial charge >= 0.3 is 0 Å². The van der Waals surface area contributed by atoms with Crippen molar-refractivity contribution < 1.29 is 4.74 Å². The lowest BCUT2D eigenvalue weighted by Gasteiger charge is -2.07. The van der Waals surface area contributed by atoms with Gasteiger partial charge in [-0.2, -0.15) is 0 Å². The Hall–Kier alpha value is -1.81. The maximum atomic E-state index is 5.43. The number of ether oxygens (including phenoxy) is 1. The third kappa shape index (κ3) is 3.61. The van der Waals surface area contributed by atoms with E-state index in [1.807, 2.05) is 18.3 Å². The molecule has 1 heterocycles. The Kier molecular flexibility index (Phi) is 4.79. The fourth-order valence-corrected chi connectivity index (χ4v) is 2.08. The summed E-state index contributed by atoms with van der Waals surface area (Å²) in [6.07, 6.45) is 1.88. The highest BCUT2D eigenvalue weighted by molar-refractivity contribution is 5.65. The van der Waals surface area contributed by atoms with Crippen molar-refractivity contribution in [2.24, 2.45) is 5.92 Å². The first-order valence-corrected chi connectivity index (χ1v) is 6.99. The van der Waals surface area contributed by atoms with E-state index in [2.05, 4.69) is 42.1 Å². The van der Waals surface area contributed by atoms with Crippen LogP contribution in [-0.4, -0.2) is 23.6 Å². The van der Waals surface area contributed by atoms with Gasteiger partial charge in [-0.3, -0.25) is 0 Å². The van der Waals surface area contributed by atoms with E-state index in [4.69, 9.17) is 4.74 Å². The maximum Gasteiger partial charge on any atom is 0.141 e. The average Bonchev–Trinajstić information content (AvgIpc) is 2.86. The first-order valence-electron chi connectivity index (χ1n) is 6.99. The van der Waals surface area contributed by atoms with Crippen molar-refractivity contribution in [2.45, 2.75) is 27.3 Å². The average molecular weight is 273 g/mol. The molecule has 1 aromatic carbocycles. The molecule has 108 valence electrons. The van der Waals surface area contributed by atoms with Gasteiger partial charge in [0.2, 0.25) is 0 Å². The van der Waals surface area contributed by atoms with Crippen LogP contribution in [0.25, 0.3) is 11.4 Å². The van der Waals surface area contributed by atoms with Crippen LogP contribution in [0.15, 0.2) is 24.4 Å². The molecule has 0 fully saturated rings. The van der Waals surface area contributed by atoms with E-state index in [0.717, 1.165) is 35.9 Å². The van der Waals surface area contributed by atoms with Gasteiger partial charge in [0.1, 0.15) is 11.6 Å². The zero-order valence-corrected chi connectivity index (χ0v) is 12.7. The van der Waals surface area contributed by atoms with Crippen LogP contribution in [0.1, 0.15) is 25.1 Å². The molecule has 0 bridgehead atoms. The molecule has 2 rings (SSSR count). The quantitative estimate of drug-likeness (QED) is 0.850. The van der Waals surface area contributed by atoms with Gasteiger partial charge in [0.15, 0.2) is 0 Å². The number of aromatic nitrogens is 2. The summed E-state index contributed by atoms with van der Waals surface area (Å²) in [6.45, 7) is 8.25. The lowest BCUT2D eigenvalue weighted by Crippen LogP contribution is -2.19. The molecular weight excluding hydrogens is 250 g/mol. The van der Waals surface area contributed by atoms with Crippen molar-refractivity contribution in [2.75, 3.05) is 13.7 Å². The van der Waals surface area contributed by atoms with Gasteiger partial charge in [-0.1, -0.05) is 19.9 Å². The van der Waals surface area contributed by atoms with Gasteiger partial charge in [0.05, 0.1) is 12.7 Å². The molecular formula is C16H23N3O. The maximum absolute atomic E-state index is 5.43. The summed E-state index contributed by atoms with van der Waals surface area (Å²) in [4.78, 5) is 7.79. The zero-order chi connectivity index (χ0) is 14.5.